The second-order valence-corrected chi connectivity index (χ2v) is 5.24. The molecule has 0 N–H and O–H groups in total. The Labute approximate surface area is 150 Å². The van der Waals surface area contributed by atoms with E-state index in [4.69, 9.17) is 23.9 Å². The summed E-state index contributed by atoms with van der Waals surface area (Å²) in [5.74, 6) is 0.535. The van der Waals surface area contributed by atoms with Crippen molar-refractivity contribution >= 4 is 5.97 Å². The lowest BCUT2D eigenvalue weighted by Crippen LogP contribution is -2.11. The molecule has 0 spiro atoms. The van der Waals surface area contributed by atoms with Crippen LogP contribution in [-0.2, 0) is 6.61 Å². The van der Waals surface area contributed by atoms with Gasteiger partial charge in [-0.2, -0.15) is 5.26 Å². The molecule has 3 aromatic rings. The van der Waals surface area contributed by atoms with E-state index in [1.807, 2.05) is 36.4 Å². The van der Waals surface area contributed by atoms with Crippen molar-refractivity contribution < 1.29 is 23.4 Å². The first-order valence-electron chi connectivity index (χ1n) is 7.76. The first-order valence-corrected chi connectivity index (χ1v) is 7.76. The molecule has 26 heavy (non-hydrogen) atoms. The fraction of sp³-hybridized carbons (Fsp3) is 0.100. The molecule has 1 aromatic heterocycles. The van der Waals surface area contributed by atoms with E-state index in [2.05, 4.69) is 0 Å². The molecule has 0 fully saturated rings. The van der Waals surface area contributed by atoms with Gasteiger partial charge in [0.05, 0.1) is 25.0 Å². The van der Waals surface area contributed by atoms with Crippen LogP contribution in [0.2, 0.25) is 0 Å². The predicted octanol–water partition coefficient (Wildman–Crippen LogP) is 3.96. The van der Waals surface area contributed by atoms with Crippen LogP contribution in [-0.4, -0.2) is 13.1 Å². The Balaban J connectivity index is 1.73. The monoisotopic (exact) mass is 349 g/mol. The molecule has 0 atom stereocenters. The van der Waals surface area contributed by atoms with Gasteiger partial charge in [-0.3, -0.25) is 0 Å². The Morgan fingerprint density at radius 3 is 2.65 bits per heavy atom. The van der Waals surface area contributed by atoms with Gasteiger partial charge < -0.3 is 18.6 Å². The van der Waals surface area contributed by atoms with Crippen LogP contribution in [0.3, 0.4) is 0 Å². The lowest BCUT2D eigenvalue weighted by Gasteiger charge is -2.09. The molecule has 3 rings (SSSR count). The third-order valence-electron chi connectivity index (χ3n) is 3.57. The molecule has 2 aromatic carbocycles. The van der Waals surface area contributed by atoms with Gasteiger partial charge in [-0.25, -0.2) is 4.79 Å². The molecule has 0 saturated heterocycles. The quantitative estimate of drug-likeness (QED) is 0.495. The Kier molecular flexibility index (Phi) is 5.20. The Morgan fingerprint density at radius 2 is 1.92 bits per heavy atom. The van der Waals surface area contributed by atoms with Crippen LogP contribution in [0.25, 0.3) is 0 Å². The van der Waals surface area contributed by atoms with Crippen molar-refractivity contribution in [3.63, 3.8) is 0 Å². The summed E-state index contributed by atoms with van der Waals surface area (Å²) in [5, 5.41) is 8.93. The van der Waals surface area contributed by atoms with E-state index in [1.54, 1.807) is 6.07 Å². The second-order valence-electron chi connectivity index (χ2n) is 5.24. The molecule has 6 nitrogen and oxygen atoms in total. The van der Waals surface area contributed by atoms with E-state index in [0.29, 0.717) is 16.9 Å². The first-order chi connectivity index (χ1) is 12.7. The molecule has 0 saturated carbocycles. The number of carbonyl (C=O) groups is 1. The lowest BCUT2D eigenvalue weighted by atomic mass is 10.2. The highest BCUT2D eigenvalue weighted by Crippen LogP contribution is 2.29. The number of methoxy groups -OCH3 is 1. The van der Waals surface area contributed by atoms with E-state index >= 15 is 0 Å². The van der Waals surface area contributed by atoms with Gasteiger partial charge in [0.25, 0.3) is 0 Å². The van der Waals surface area contributed by atoms with Crippen LogP contribution in [0.15, 0.2) is 65.3 Å². The number of furan rings is 1. The van der Waals surface area contributed by atoms with E-state index < -0.39 is 5.97 Å². The summed E-state index contributed by atoms with van der Waals surface area (Å²) in [7, 11) is 1.43. The summed E-state index contributed by atoms with van der Waals surface area (Å²) >= 11 is 0. The average Bonchev–Trinajstić information content (AvgIpc) is 3.16. The highest BCUT2D eigenvalue weighted by Gasteiger charge is 2.20. The summed E-state index contributed by atoms with van der Waals surface area (Å²) in [5.41, 5.74) is 0.961. The topological polar surface area (TPSA) is 81.7 Å². The molecule has 0 radical (unpaired) electrons. The number of rotatable bonds is 6. The highest BCUT2D eigenvalue weighted by molar-refractivity contribution is 5.90. The maximum Gasteiger partial charge on any atom is 0.380 e. The van der Waals surface area contributed by atoms with Gasteiger partial charge in [0.1, 0.15) is 12.4 Å². The Bertz CT molecular complexity index is 940. The van der Waals surface area contributed by atoms with Gasteiger partial charge in [0.15, 0.2) is 11.5 Å². The summed E-state index contributed by atoms with van der Waals surface area (Å²) in [6, 6.07) is 17.4. The molecule has 0 aliphatic rings. The van der Waals surface area contributed by atoms with Gasteiger partial charge >= 0.3 is 5.97 Å². The molecule has 6 heteroatoms. The molecular weight excluding hydrogens is 334 g/mol. The first kappa shape index (κ1) is 17.1. The standard InChI is InChI=1S/C20H15NO5/c1-23-18-11-14(12-21)7-8-17(18)26-20(22)19-15(9-10-24-19)13-25-16-5-3-2-4-6-16/h2-11H,13H2,1H3. The van der Waals surface area contributed by atoms with E-state index in [0.717, 1.165) is 0 Å². The number of hydrogen-bond acceptors (Lipinski definition) is 6. The average molecular weight is 349 g/mol. The third kappa shape index (κ3) is 3.84. The smallest absolute Gasteiger partial charge is 0.380 e. The summed E-state index contributed by atoms with van der Waals surface area (Å²) in [6.07, 6.45) is 1.40. The highest BCUT2D eigenvalue weighted by atomic mass is 16.6. The van der Waals surface area contributed by atoms with Crippen molar-refractivity contribution in [1.82, 2.24) is 0 Å². The summed E-state index contributed by atoms with van der Waals surface area (Å²) in [6.45, 7) is 0.162. The van der Waals surface area contributed by atoms with Crippen LogP contribution >= 0.6 is 0 Å². The van der Waals surface area contributed by atoms with Crippen molar-refractivity contribution in [2.75, 3.05) is 7.11 Å². The van der Waals surface area contributed by atoms with Crippen LogP contribution in [0.4, 0.5) is 0 Å². The number of esters is 1. The number of benzene rings is 2. The third-order valence-corrected chi connectivity index (χ3v) is 3.57. The molecule has 0 bridgehead atoms. The van der Waals surface area contributed by atoms with Crippen LogP contribution in [0.1, 0.15) is 21.7 Å². The number of para-hydroxylation sites is 1. The van der Waals surface area contributed by atoms with Gasteiger partial charge in [-0.15, -0.1) is 0 Å². The maximum absolute atomic E-state index is 12.4. The fourth-order valence-corrected chi connectivity index (χ4v) is 2.27. The number of nitrogens with zero attached hydrogens (tertiary/aromatic N) is 1. The summed E-state index contributed by atoms with van der Waals surface area (Å²) < 4.78 is 21.4. The van der Waals surface area contributed by atoms with E-state index in [9.17, 15) is 4.79 Å². The molecule has 0 aliphatic heterocycles. The number of ether oxygens (including phenoxy) is 3. The second kappa shape index (κ2) is 7.90. The minimum Gasteiger partial charge on any atom is -0.493 e. The van der Waals surface area contributed by atoms with Gasteiger partial charge in [-0.1, -0.05) is 18.2 Å². The van der Waals surface area contributed by atoms with E-state index in [-0.39, 0.29) is 23.9 Å². The molecule has 130 valence electrons. The normalized spacial score (nSPS) is 10.0. The minimum absolute atomic E-state index is 0.0485. The zero-order valence-electron chi connectivity index (χ0n) is 14.0. The predicted molar refractivity (Wildman–Crippen MR) is 92.1 cm³/mol. The molecule has 1 heterocycles. The minimum atomic E-state index is -0.676. The van der Waals surface area contributed by atoms with Crippen molar-refractivity contribution in [3.05, 3.63) is 77.7 Å². The van der Waals surface area contributed by atoms with E-state index in [1.165, 1.54) is 31.6 Å². The zero-order valence-corrected chi connectivity index (χ0v) is 14.0. The van der Waals surface area contributed by atoms with Crippen molar-refractivity contribution in [2.24, 2.45) is 0 Å². The zero-order chi connectivity index (χ0) is 18.4. The maximum atomic E-state index is 12.4. The Hall–Kier alpha value is -3.72. The van der Waals surface area contributed by atoms with Gasteiger partial charge in [-0.05, 0) is 30.3 Å². The van der Waals surface area contributed by atoms with Crippen LogP contribution in [0, 0.1) is 11.3 Å². The number of hydrogen-bond donors (Lipinski definition) is 0. The van der Waals surface area contributed by atoms with Crippen molar-refractivity contribution in [3.8, 4) is 23.3 Å². The van der Waals surface area contributed by atoms with Crippen LogP contribution in [0.5, 0.6) is 17.2 Å². The molecular formula is C20H15NO5. The largest absolute Gasteiger partial charge is 0.493 e. The molecule has 0 aliphatic carbocycles. The molecule has 0 amide bonds. The van der Waals surface area contributed by atoms with Crippen molar-refractivity contribution in [2.45, 2.75) is 6.61 Å². The molecule has 0 unspecified atom stereocenters. The summed E-state index contributed by atoms with van der Waals surface area (Å²) in [4.78, 5) is 12.4. The SMILES string of the molecule is COc1cc(C#N)ccc1OC(=O)c1occc1COc1ccccc1. The van der Waals surface area contributed by atoms with Crippen molar-refractivity contribution in [1.29, 1.82) is 5.26 Å². The van der Waals surface area contributed by atoms with Gasteiger partial charge in [0, 0.05) is 11.6 Å². The van der Waals surface area contributed by atoms with Gasteiger partial charge in [0.2, 0.25) is 5.76 Å². The fourth-order valence-electron chi connectivity index (χ4n) is 2.27. The Morgan fingerprint density at radius 1 is 1.12 bits per heavy atom. The number of nitriles is 1. The number of carbonyl (C=O) groups excluding carboxylic acids is 1. The lowest BCUT2D eigenvalue weighted by molar-refractivity contribution is 0.0692. The van der Waals surface area contributed by atoms with Crippen LogP contribution < -0.4 is 14.2 Å².